The molecule has 10 nitrogen and oxygen atoms in total. The van der Waals surface area contributed by atoms with Gasteiger partial charge >= 0.3 is 0 Å². The highest BCUT2D eigenvalue weighted by Gasteiger charge is 2.31. The van der Waals surface area contributed by atoms with Crippen molar-refractivity contribution in [3.63, 3.8) is 0 Å². The second kappa shape index (κ2) is 12.0. The van der Waals surface area contributed by atoms with Crippen molar-refractivity contribution >= 4 is 33.2 Å². The molecule has 0 unspecified atom stereocenters. The summed E-state index contributed by atoms with van der Waals surface area (Å²) in [5, 5.41) is 14.2. The van der Waals surface area contributed by atoms with Crippen LogP contribution in [0.15, 0.2) is 54.6 Å². The number of nitro groups is 1. The Labute approximate surface area is 211 Å². The van der Waals surface area contributed by atoms with Crippen molar-refractivity contribution in [3.8, 4) is 0 Å². The molecule has 1 fully saturated rings. The molecule has 194 valence electrons. The number of rotatable bonds is 10. The van der Waals surface area contributed by atoms with Gasteiger partial charge < -0.3 is 10.2 Å². The Kier molecular flexibility index (Phi) is 9.03. The van der Waals surface area contributed by atoms with Crippen LogP contribution in [0.4, 0.5) is 11.4 Å². The van der Waals surface area contributed by atoms with Crippen molar-refractivity contribution in [2.75, 3.05) is 17.1 Å². The summed E-state index contributed by atoms with van der Waals surface area (Å²) in [5.41, 5.74) is 0.485. The molecule has 1 saturated carbocycles. The highest BCUT2D eigenvalue weighted by Crippen LogP contribution is 2.24. The molecule has 1 atom stereocenters. The lowest BCUT2D eigenvalue weighted by Crippen LogP contribution is -2.52. The fraction of sp³-hybridized carbons (Fsp3) is 0.440. The number of carbonyl (C=O) groups excluding carboxylic acids is 2. The van der Waals surface area contributed by atoms with Gasteiger partial charge in [0.1, 0.15) is 12.6 Å². The van der Waals surface area contributed by atoms with E-state index in [-0.39, 0.29) is 29.9 Å². The van der Waals surface area contributed by atoms with E-state index in [2.05, 4.69) is 5.32 Å². The molecule has 0 radical (unpaired) electrons. The number of nitrogens with one attached hydrogen (secondary N) is 1. The minimum Gasteiger partial charge on any atom is -0.352 e. The van der Waals surface area contributed by atoms with E-state index in [1.54, 1.807) is 6.92 Å². The summed E-state index contributed by atoms with van der Waals surface area (Å²) in [5.74, 6) is -0.894. The Morgan fingerprint density at radius 3 is 2.36 bits per heavy atom. The summed E-state index contributed by atoms with van der Waals surface area (Å²) in [6, 6.07) is 13.4. The maximum atomic E-state index is 13.5. The fourth-order valence-corrected chi connectivity index (χ4v) is 5.15. The van der Waals surface area contributed by atoms with Crippen LogP contribution in [0, 0.1) is 10.1 Å². The Hall–Kier alpha value is -3.47. The van der Waals surface area contributed by atoms with E-state index < -0.39 is 33.4 Å². The highest BCUT2D eigenvalue weighted by molar-refractivity contribution is 7.92. The smallest absolute Gasteiger partial charge is 0.271 e. The van der Waals surface area contributed by atoms with Crippen molar-refractivity contribution in [2.45, 2.75) is 57.7 Å². The molecule has 1 N–H and O–H groups in total. The van der Waals surface area contributed by atoms with E-state index in [1.807, 2.05) is 30.3 Å². The minimum atomic E-state index is -3.97. The summed E-state index contributed by atoms with van der Waals surface area (Å²) in [6.07, 6.45) is 5.93. The standard InChI is InChI=1S/C25H32N4O6S/c1-19(25(31)26-21-12-7-4-8-13-21)27(17-20-10-5-3-6-11-20)24(30)18-28(36(2,34)35)22-14-9-15-23(16-22)29(32)33/h3,5-6,9-11,14-16,19,21H,4,7-8,12-13,17-18H2,1-2H3,(H,26,31)/t19-/m0/s1. The third kappa shape index (κ3) is 7.27. The fourth-order valence-electron chi connectivity index (χ4n) is 4.31. The van der Waals surface area contributed by atoms with Crippen LogP contribution in [0.2, 0.25) is 0 Å². The first-order valence-electron chi connectivity index (χ1n) is 11.9. The van der Waals surface area contributed by atoms with E-state index >= 15 is 0 Å². The predicted octanol–water partition coefficient (Wildman–Crippen LogP) is 3.23. The molecule has 0 aromatic heterocycles. The second-order valence-corrected chi connectivity index (χ2v) is 11.0. The predicted molar refractivity (Wildman–Crippen MR) is 137 cm³/mol. The van der Waals surface area contributed by atoms with Crippen molar-refractivity contribution in [1.82, 2.24) is 10.2 Å². The van der Waals surface area contributed by atoms with Crippen LogP contribution in [0.25, 0.3) is 0 Å². The average Bonchev–Trinajstić information content (AvgIpc) is 2.86. The second-order valence-electron chi connectivity index (χ2n) is 9.07. The first-order chi connectivity index (χ1) is 17.1. The quantitative estimate of drug-likeness (QED) is 0.381. The maximum Gasteiger partial charge on any atom is 0.271 e. The molecule has 2 aromatic rings. The Morgan fingerprint density at radius 1 is 1.08 bits per heavy atom. The Balaban J connectivity index is 1.87. The molecule has 1 aliphatic rings. The number of anilines is 1. The maximum absolute atomic E-state index is 13.5. The SMILES string of the molecule is C[C@@H](C(=O)NC1CCCCC1)N(Cc1ccccc1)C(=O)CN(c1cccc([N+](=O)[O-])c1)S(C)(=O)=O. The highest BCUT2D eigenvalue weighted by atomic mass is 32.2. The van der Waals surface area contributed by atoms with E-state index in [0.29, 0.717) is 0 Å². The zero-order valence-corrected chi connectivity index (χ0v) is 21.3. The molecule has 11 heteroatoms. The van der Waals surface area contributed by atoms with Crippen molar-refractivity contribution in [2.24, 2.45) is 0 Å². The van der Waals surface area contributed by atoms with Gasteiger partial charge in [-0.3, -0.25) is 24.0 Å². The molecular weight excluding hydrogens is 484 g/mol. The number of non-ortho nitro benzene ring substituents is 1. The van der Waals surface area contributed by atoms with Gasteiger partial charge in [-0.25, -0.2) is 8.42 Å². The van der Waals surface area contributed by atoms with Gasteiger partial charge in [-0.1, -0.05) is 55.7 Å². The van der Waals surface area contributed by atoms with Crippen LogP contribution in [0.1, 0.15) is 44.6 Å². The number of hydrogen-bond acceptors (Lipinski definition) is 6. The lowest BCUT2D eigenvalue weighted by atomic mass is 9.95. The summed E-state index contributed by atoms with van der Waals surface area (Å²) in [6.45, 7) is 1.12. The molecule has 1 aliphatic carbocycles. The number of nitrogens with zero attached hydrogens (tertiary/aromatic N) is 3. The zero-order chi connectivity index (χ0) is 26.3. The van der Waals surface area contributed by atoms with E-state index in [1.165, 1.54) is 23.1 Å². The van der Waals surface area contributed by atoms with Crippen molar-refractivity contribution < 1.29 is 22.9 Å². The summed E-state index contributed by atoms with van der Waals surface area (Å²) in [7, 11) is -3.97. The normalized spacial score (nSPS) is 15.1. The molecular formula is C25H32N4O6S. The van der Waals surface area contributed by atoms with Gasteiger partial charge in [-0.2, -0.15) is 0 Å². The molecule has 2 aromatic carbocycles. The van der Waals surface area contributed by atoms with E-state index in [9.17, 15) is 28.1 Å². The third-order valence-electron chi connectivity index (χ3n) is 6.32. The Morgan fingerprint density at radius 2 is 1.75 bits per heavy atom. The van der Waals surface area contributed by atoms with Gasteiger partial charge in [0.15, 0.2) is 0 Å². The van der Waals surface area contributed by atoms with Gasteiger partial charge in [-0.05, 0) is 31.4 Å². The van der Waals surface area contributed by atoms with Gasteiger partial charge in [0.2, 0.25) is 21.8 Å². The largest absolute Gasteiger partial charge is 0.352 e. The summed E-state index contributed by atoms with van der Waals surface area (Å²) >= 11 is 0. The number of nitro benzene ring substituents is 1. The monoisotopic (exact) mass is 516 g/mol. The molecule has 0 bridgehead atoms. The minimum absolute atomic E-state index is 0.000906. The third-order valence-corrected chi connectivity index (χ3v) is 7.46. The van der Waals surface area contributed by atoms with E-state index in [0.717, 1.165) is 54.3 Å². The van der Waals surface area contributed by atoms with E-state index in [4.69, 9.17) is 0 Å². The lowest BCUT2D eigenvalue weighted by molar-refractivity contribution is -0.384. The Bertz CT molecular complexity index is 1180. The molecule has 0 spiro atoms. The van der Waals surface area contributed by atoms with Crippen LogP contribution < -0.4 is 9.62 Å². The van der Waals surface area contributed by atoms with Gasteiger partial charge in [0.05, 0.1) is 16.9 Å². The molecule has 36 heavy (non-hydrogen) atoms. The molecule has 2 amide bonds. The van der Waals surface area contributed by atoms with Gasteiger partial charge in [-0.15, -0.1) is 0 Å². The van der Waals surface area contributed by atoms with Gasteiger partial charge in [0.25, 0.3) is 5.69 Å². The zero-order valence-electron chi connectivity index (χ0n) is 20.5. The first kappa shape index (κ1) is 27.1. The van der Waals surface area contributed by atoms with Crippen LogP contribution in [-0.4, -0.2) is 54.9 Å². The van der Waals surface area contributed by atoms with Crippen molar-refractivity contribution in [3.05, 3.63) is 70.3 Å². The molecule has 0 heterocycles. The van der Waals surface area contributed by atoms with Crippen LogP contribution in [0.3, 0.4) is 0 Å². The molecule has 3 rings (SSSR count). The van der Waals surface area contributed by atoms with Crippen LogP contribution in [-0.2, 0) is 26.2 Å². The van der Waals surface area contributed by atoms with Gasteiger partial charge in [0, 0.05) is 24.7 Å². The number of carbonyl (C=O) groups is 2. The van der Waals surface area contributed by atoms with Crippen LogP contribution >= 0.6 is 0 Å². The van der Waals surface area contributed by atoms with Crippen molar-refractivity contribution in [1.29, 1.82) is 0 Å². The molecule has 0 saturated heterocycles. The molecule has 0 aliphatic heterocycles. The summed E-state index contributed by atoms with van der Waals surface area (Å²) < 4.78 is 26.0. The first-order valence-corrected chi connectivity index (χ1v) is 13.8. The van der Waals surface area contributed by atoms with Crippen LogP contribution in [0.5, 0.6) is 0 Å². The summed E-state index contributed by atoms with van der Waals surface area (Å²) in [4.78, 5) is 38.6. The number of benzene rings is 2. The number of hydrogen-bond donors (Lipinski definition) is 1. The number of sulfonamides is 1. The topological polar surface area (TPSA) is 130 Å². The average molecular weight is 517 g/mol. The lowest BCUT2D eigenvalue weighted by Gasteiger charge is -2.33. The number of amides is 2.